The zero-order valence-corrected chi connectivity index (χ0v) is 11.0. The fraction of sp³-hybridized carbons (Fsp3) is 0.462. The number of nitrogens with one attached hydrogen (secondary N) is 1. The Balaban J connectivity index is 2.96. The highest BCUT2D eigenvalue weighted by molar-refractivity contribution is 5.99. The van der Waals surface area contributed by atoms with Crippen LogP contribution in [0.4, 0.5) is 0 Å². The Morgan fingerprint density at radius 3 is 2.33 bits per heavy atom. The van der Waals surface area contributed by atoms with Crippen molar-refractivity contribution in [1.29, 1.82) is 0 Å². The van der Waals surface area contributed by atoms with Gasteiger partial charge in [-0.1, -0.05) is 6.07 Å². The molecular weight excluding hydrogens is 232 g/mol. The van der Waals surface area contributed by atoms with Crippen molar-refractivity contribution in [3.63, 3.8) is 0 Å². The van der Waals surface area contributed by atoms with E-state index in [0.29, 0.717) is 23.6 Å². The third kappa shape index (κ3) is 3.37. The topological polar surface area (TPSA) is 73.6 Å². The molecule has 0 aliphatic heterocycles. The number of amides is 1. The van der Waals surface area contributed by atoms with Crippen molar-refractivity contribution < 1.29 is 14.3 Å². The SMILES string of the molecule is COc1cccc(OC)c1C(=O)NC(C)CCN. The summed E-state index contributed by atoms with van der Waals surface area (Å²) in [4.78, 5) is 12.2. The van der Waals surface area contributed by atoms with E-state index in [0.717, 1.165) is 6.42 Å². The van der Waals surface area contributed by atoms with Crippen molar-refractivity contribution >= 4 is 5.91 Å². The third-order valence-corrected chi connectivity index (χ3v) is 2.63. The predicted octanol–water partition coefficient (Wildman–Crippen LogP) is 1.17. The van der Waals surface area contributed by atoms with Gasteiger partial charge in [0.15, 0.2) is 0 Å². The van der Waals surface area contributed by atoms with Crippen LogP contribution in [0.15, 0.2) is 18.2 Å². The zero-order valence-electron chi connectivity index (χ0n) is 11.0. The molecule has 100 valence electrons. The average molecular weight is 252 g/mol. The first-order valence-electron chi connectivity index (χ1n) is 5.86. The van der Waals surface area contributed by atoms with E-state index < -0.39 is 0 Å². The number of benzene rings is 1. The Labute approximate surface area is 107 Å². The molecule has 0 bridgehead atoms. The minimum Gasteiger partial charge on any atom is -0.496 e. The molecular formula is C13H20N2O3. The second kappa shape index (κ2) is 6.86. The lowest BCUT2D eigenvalue weighted by Gasteiger charge is -2.16. The molecule has 0 spiro atoms. The number of carbonyl (C=O) groups is 1. The summed E-state index contributed by atoms with van der Waals surface area (Å²) in [6.45, 7) is 2.44. The van der Waals surface area contributed by atoms with E-state index in [9.17, 15) is 4.79 Å². The molecule has 1 aromatic carbocycles. The van der Waals surface area contributed by atoms with Crippen LogP contribution in [-0.2, 0) is 0 Å². The van der Waals surface area contributed by atoms with Gasteiger partial charge in [-0.2, -0.15) is 0 Å². The predicted molar refractivity (Wildman–Crippen MR) is 70.1 cm³/mol. The lowest BCUT2D eigenvalue weighted by atomic mass is 10.1. The van der Waals surface area contributed by atoms with Crippen LogP contribution in [0.2, 0.25) is 0 Å². The van der Waals surface area contributed by atoms with E-state index in [-0.39, 0.29) is 11.9 Å². The zero-order chi connectivity index (χ0) is 13.5. The molecule has 18 heavy (non-hydrogen) atoms. The Hall–Kier alpha value is -1.75. The Morgan fingerprint density at radius 1 is 1.33 bits per heavy atom. The van der Waals surface area contributed by atoms with Crippen LogP contribution in [0.5, 0.6) is 11.5 Å². The minimum absolute atomic E-state index is 0.0112. The van der Waals surface area contributed by atoms with E-state index >= 15 is 0 Å². The lowest BCUT2D eigenvalue weighted by Crippen LogP contribution is -2.34. The first-order valence-corrected chi connectivity index (χ1v) is 5.86. The van der Waals surface area contributed by atoms with Gasteiger partial charge in [0.1, 0.15) is 17.1 Å². The molecule has 1 aromatic rings. The van der Waals surface area contributed by atoms with Gasteiger partial charge in [0.05, 0.1) is 14.2 Å². The summed E-state index contributed by atoms with van der Waals surface area (Å²) < 4.78 is 10.4. The van der Waals surface area contributed by atoms with Crippen molar-refractivity contribution in [2.45, 2.75) is 19.4 Å². The smallest absolute Gasteiger partial charge is 0.259 e. The fourth-order valence-corrected chi connectivity index (χ4v) is 1.69. The molecule has 0 saturated heterocycles. The third-order valence-electron chi connectivity index (χ3n) is 2.63. The van der Waals surface area contributed by atoms with Gasteiger partial charge in [-0.25, -0.2) is 0 Å². The summed E-state index contributed by atoms with van der Waals surface area (Å²) in [7, 11) is 3.05. The van der Waals surface area contributed by atoms with Crippen molar-refractivity contribution in [2.24, 2.45) is 5.73 Å². The summed E-state index contributed by atoms with van der Waals surface area (Å²) >= 11 is 0. The standard InChI is InChI=1S/C13H20N2O3/c1-9(7-8-14)15-13(16)12-10(17-2)5-4-6-11(12)18-3/h4-6,9H,7-8,14H2,1-3H3,(H,15,16). The summed E-state index contributed by atoms with van der Waals surface area (Å²) in [5.41, 5.74) is 5.86. The Kier molecular flexibility index (Phi) is 5.45. The first-order chi connectivity index (χ1) is 8.63. The average Bonchev–Trinajstić information content (AvgIpc) is 2.37. The van der Waals surface area contributed by atoms with E-state index in [1.165, 1.54) is 14.2 Å². The fourth-order valence-electron chi connectivity index (χ4n) is 1.69. The van der Waals surface area contributed by atoms with Gasteiger partial charge >= 0.3 is 0 Å². The molecule has 3 N–H and O–H groups in total. The van der Waals surface area contributed by atoms with Crippen LogP contribution < -0.4 is 20.5 Å². The van der Waals surface area contributed by atoms with Crippen molar-refractivity contribution in [3.05, 3.63) is 23.8 Å². The summed E-state index contributed by atoms with van der Waals surface area (Å²) in [5, 5.41) is 2.87. The molecule has 0 radical (unpaired) electrons. The second-order valence-electron chi connectivity index (χ2n) is 3.99. The molecule has 1 rings (SSSR count). The maximum atomic E-state index is 12.2. The number of hydrogen-bond donors (Lipinski definition) is 2. The van der Waals surface area contributed by atoms with Gasteiger partial charge in [-0.05, 0) is 32.0 Å². The maximum Gasteiger partial charge on any atom is 0.259 e. The molecule has 5 heteroatoms. The minimum atomic E-state index is -0.217. The van der Waals surface area contributed by atoms with Gasteiger partial charge in [-0.3, -0.25) is 4.79 Å². The van der Waals surface area contributed by atoms with Gasteiger partial charge in [0.2, 0.25) is 0 Å². The van der Waals surface area contributed by atoms with Crippen LogP contribution >= 0.6 is 0 Å². The van der Waals surface area contributed by atoms with Gasteiger partial charge < -0.3 is 20.5 Å². The second-order valence-corrected chi connectivity index (χ2v) is 3.99. The highest BCUT2D eigenvalue weighted by atomic mass is 16.5. The van der Waals surface area contributed by atoms with Crippen LogP contribution in [0.3, 0.4) is 0 Å². The molecule has 0 saturated carbocycles. The number of ether oxygens (including phenoxy) is 2. The van der Waals surface area contributed by atoms with Crippen LogP contribution in [0.25, 0.3) is 0 Å². The Bertz CT molecular complexity index is 385. The monoisotopic (exact) mass is 252 g/mol. The molecule has 0 aliphatic carbocycles. The molecule has 0 aromatic heterocycles. The van der Waals surface area contributed by atoms with E-state index in [4.69, 9.17) is 15.2 Å². The molecule has 0 fully saturated rings. The maximum absolute atomic E-state index is 12.2. The van der Waals surface area contributed by atoms with Gasteiger partial charge in [-0.15, -0.1) is 0 Å². The van der Waals surface area contributed by atoms with Crippen molar-refractivity contribution in [2.75, 3.05) is 20.8 Å². The first kappa shape index (κ1) is 14.3. The summed E-state index contributed by atoms with van der Waals surface area (Å²) in [6.07, 6.45) is 0.725. The van der Waals surface area contributed by atoms with E-state index in [1.54, 1.807) is 18.2 Å². The quantitative estimate of drug-likeness (QED) is 0.797. The van der Waals surface area contributed by atoms with E-state index in [2.05, 4.69) is 5.32 Å². The largest absolute Gasteiger partial charge is 0.496 e. The molecule has 5 nitrogen and oxygen atoms in total. The molecule has 1 amide bonds. The Morgan fingerprint density at radius 2 is 1.89 bits per heavy atom. The lowest BCUT2D eigenvalue weighted by molar-refractivity contribution is 0.0932. The van der Waals surface area contributed by atoms with Crippen molar-refractivity contribution in [1.82, 2.24) is 5.32 Å². The van der Waals surface area contributed by atoms with Gasteiger partial charge in [0, 0.05) is 6.04 Å². The number of rotatable bonds is 6. The molecule has 1 atom stereocenters. The van der Waals surface area contributed by atoms with Gasteiger partial charge in [0.25, 0.3) is 5.91 Å². The van der Waals surface area contributed by atoms with Crippen molar-refractivity contribution in [3.8, 4) is 11.5 Å². The highest BCUT2D eigenvalue weighted by Gasteiger charge is 2.19. The summed E-state index contributed by atoms with van der Waals surface area (Å²) in [6, 6.07) is 5.24. The van der Waals surface area contributed by atoms with Crippen LogP contribution in [-0.4, -0.2) is 32.7 Å². The molecule has 1 unspecified atom stereocenters. The highest BCUT2D eigenvalue weighted by Crippen LogP contribution is 2.28. The normalized spacial score (nSPS) is 11.8. The van der Waals surface area contributed by atoms with E-state index in [1.807, 2.05) is 6.92 Å². The van der Waals surface area contributed by atoms with Crippen LogP contribution in [0, 0.1) is 0 Å². The number of hydrogen-bond acceptors (Lipinski definition) is 4. The number of methoxy groups -OCH3 is 2. The molecule has 0 heterocycles. The molecule has 0 aliphatic rings. The van der Waals surface area contributed by atoms with Crippen LogP contribution in [0.1, 0.15) is 23.7 Å². The number of carbonyl (C=O) groups excluding carboxylic acids is 1. The summed E-state index contributed by atoms with van der Waals surface area (Å²) in [5.74, 6) is 0.767. The number of nitrogens with two attached hydrogens (primary N) is 1.